The molecule has 202 valence electrons. The van der Waals surface area contributed by atoms with Crippen LogP contribution in [0, 0.1) is 10.1 Å². The molecule has 1 heterocycles. The SMILES string of the molecule is COc1ccc(N2C(=O)NC(=O)/C(=C/c3cc(Br)cc(Br)c3OC(=O)/C=C/c3cccc([N+](=O)[O-])c3)C2=O)cc1. The number of methoxy groups -OCH3 is 1. The molecule has 3 aromatic rings. The number of benzene rings is 3. The minimum Gasteiger partial charge on any atom is -0.497 e. The van der Waals surface area contributed by atoms with Gasteiger partial charge < -0.3 is 9.47 Å². The summed E-state index contributed by atoms with van der Waals surface area (Å²) in [5.41, 5.74) is 0.245. The van der Waals surface area contributed by atoms with Crippen molar-refractivity contribution in [1.29, 1.82) is 0 Å². The molecule has 0 radical (unpaired) electrons. The number of nitro benzene ring substituents is 1. The van der Waals surface area contributed by atoms with Crippen LogP contribution in [0.25, 0.3) is 12.2 Å². The average molecular weight is 671 g/mol. The number of carbonyl (C=O) groups excluding carboxylic acids is 4. The molecule has 0 saturated carbocycles. The van der Waals surface area contributed by atoms with Crippen LogP contribution in [-0.2, 0) is 14.4 Å². The first-order valence-corrected chi connectivity index (χ1v) is 12.8. The monoisotopic (exact) mass is 669 g/mol. The van der Waals surface area contributed by atoms with E-state index in [4.69, 9.17) is 9.47 Å². The van der Waals surface area contributed by atoms with Gasteiger partial charge in [0.2, 0.25) is 0 Å². The molecule has 11 nitrogen and oxygen atoms in total. The smallest absolute Gasteiger partial charge is 0.336 e. The summed E-state index contributed by atoms with van der Waals surface area (Å²) in [4.78, 5) is 62.4. The Morgan fingerprint density at radius 3 is 2.45 bits per heavy atom. The highest BCUT2D eigenvalue weighted by Crippen LogP contribution is 2.35. The normalized spacial score (nSPS) is 14.4. The molecule has 1 saturated heterocycles. The standard InChI is InChI=1S/C27H17Br2N3O8/c1-39-20-8-6-18(7-9-20)31-26(35)21(25(34)30-27(31)36)13-16-12-17(28)14-22(29)24(16)40-23(33)10-5-15-3-2-4-19(11-15)32(37)38/h2-14H,1H3,(H,30,34,36)/b10-5+,21-13-. The molecule has 0 unspecified atom stereocenters. The van der Waals surface area contributed by atoms with Crippen LogP contribution in [0.2, 0.25) is 0 Å². The highest BCUT2D eigenvalue weighted by Gasteiger charge is 2.37. The van der Waals surface area contributed by atoms with Gasteiger partial charge in [-0.2, -0.15) is 0 Å². The second-order valence-corrected chi connectivity index (χ2v) is 9.84. The predicted molar refractivity (Wildman–Crippen MR) is 152 cm³/mol. The Kier molecular flexibility index (Phi) is 8.55. The Labute approximate surface area is 243 Å². The Morgan fingerprint density at radius 2 is 1.77 bits per heavy atom. The van der Waals surface area contributed by atoms with Crippen molar-refractivity contribution in [2.75, 3.05) is 12.0 Å². The number of hydrogen-bond acceptors (Lipinski definition) is 8. The van der Waals surface area contributed by atoms with Crippen molar-refractivity contribution in [3.05, 3.63) is 102 Å². The molecule has 0 aliphatic carbocycles. The Balaban J connectivity index is 1.65. The van der Waals surface area contributed by atoms with Gasteiger partial charge in [0.05, 0.1) is 22.2 Å². The van der Waals surface area contributed by atoms with Crippen LogP contribution in [-0.4, -0.2) is 35.8 Å². The first-order chi connectivity index (χ1) is 19.1. The first kappa shape index (κ1) is 28.4. The van der Waals surface area contributed by atoms with Crippen LogP contribution >= 0.6 is 31.9 Å². The van der Waals surface area contributed by atoms with E-state index in [1.165, 1.54) is 55.7 Å². The zero-order valence-corrected chi connectivity index (χ0v) is 23.6. The van der Waals surface area contributed by atoms with Gasteiger partial charge in [0.1, 0.15) is 11.3 Å². The van der Waals surface area contributed by atoms with E-state index < -0.39 is 28.7 Å². The number of non-ortho nitro benzene ring substituents is 1. The predicted octanol–water partition coefficient (Wildman–Crippen LogP) is 5.41. The topological polar surface area (TPSA) is 145 Å². The van der Waals surface area contributed by atoms with Crippen LogP contribution in [0.1, 0.15) is 11.1 Å². The largest absolute Gasteiger partial charge is 0.497 e. The third-order valence-electron chi connectivity index (χ3n) is 5.46. The Hall–Kier alpha value is -4.62. The lowest BCUT2D eigenvalue weighted by molar-refractivity contribution is -0.384. The van der Waals surface area contributed by atoms with E-state index in [9.17, 15) is 29.3 Å². The van der Waals surface area contributed by atoms with Crippen LogP contribution < -0.4 is 19.7 Å². The Bertz CT molecular complexity index is 1620. The van der Waals surface area contributed by atoms with E-state index in [-0.39, 0.29) is 28.3 Å². The number of imide groups is 2. The van der Waals surface area contributed by atoms with E-state index >= 15 is 0 Å². The quantitative estimate of drug-likeness (QED) is 0.0877. The number of nitrogens with zero attached hydrogens (tertiary/aromatic N) is 2. The third-order valence-corrected chi connectivity index (χ3v) is 6.51. The molecule has 3 aromatic carbocycles. The minimum atomic E-state index is -0.932. The average Bonchev–Trinajstić information content (AvgIpc) is 2.92. The molecule has 1 aliphatic heterocycles. The molecule has 4 amide bonds. The van der Waals surface area contributed by atoms with Gasteiger partial charge in [-0.15, -0.1) is 0 Å². The summed E-state index contributed by atoms with van der Waals surface area (Å²) in [5, 5.41) is 13.1. The van der Waals surface area contributed by atoms with Crippen LogP contribution in [0.3, 0.4) is 0 Å². The molecule has 13 heteroatoms. The number of halogens is 2. The van der Waals surface area contributed by atoms with Gasteiger partial charge in [-0.05, 0) is 70.0 Å². The maximum atomic E-state index is 13.3. The number of anilines is 1. The molecular weight excluding hydrogens is 654 g/mol. The second kappa shape index (κ2) is 12.1. The molecule has 40 heavy (non-hydrogen) atoms. The number of nitro groups is 1. The third kappa shape index (κ3) is 6.33. The van der Waals surface area contributed by atoms with Crippen molar-refractivity contribution in [2.45, 2.75) is 0 Å². The first-order valence-electron chi connectivity index (χ1n) is 11.3. The lowest BCUT2D eigenvalue weighted by Crippen LogP contribution is -2.54. The number of urea groups is 1. The molecule has 0 atom stereocenters. The summed E-state index contributed by atoms with van der Waals surface area (Å²) in [5.74, 6) is -2.16. The van der Waals surface area contributed by atoms with Crippen molar-refractivity contribution < 1.29 is 33.6 Å². The molecule has 0 bridgehead atoms. The number of esters is 1. The number of nitrogens with one attached hydrogen (secondary N) is 1. The van der Waals surface area contributed by atoms with E-state index in [1.54, 1.807) is 24.3 Å². The van der Waals surface area contributed by atoms with Crippen molar-refractivity contribution in [2.24, 2.45) is 0 Å². The number of ether oxygens (including phenoxy) is 2. The fourth-order valence-corrected chi connectivity index (χ4v) is 4.95. The van der Waals surface area contributed by atoms with Gasteiger partial charge in [-0.3, -0.25) is 25.0 Å². The van der Waals surface area contributed by atoms with Crippen LogP contribution in [0.4, 0.5) is 16.2 Å². The number of carbonyl (C=O) groups is 4. The highest BCUT2D eigenvalue weighted by atomic mass is 79.9. The van der Waals surface area contributed by atoms with E-state index in [0.29, 0.717) is 20.3 Å². The second-order valence-electron chi connectivity index (χ2n) is 8.07. The number of hydrogen-bond donors (Lipinski definition) is 1. The number of amides is 4. The summed E-state index contributed by atoms with van der Waals surface area (Å²) in [7, 11) is 1.47. The fourth-order valence-electron chi connectivity index (χ4n) is 3.61. The highest BCUT2D eigenvalue weighted by molar-refractivity contribution is 9.11. The summed E-state index contributed by atoms with van der Waals surface area (Å²) in [6, 6.07) is 13.9. The van der Waals surface area contributed by atoms with E-state index in [1.807, 2.05) is 0 Å². The number of rotatable bonds is 7. The maximum absolute atomic E-state index is 13.3. The van der Waals surface area contributed by atoms with Crippen LogP contribution in [0.15, 0.2) is 81.3 Å². The van der Waals surface area contributed by atoms with Crippen molar-refractivity contribution in [3.8, 4) is 11.5 Å². The summed E-state index contributed by atoms with van der Waals surface area (Å²) >= 11 is 6.65. The molecule has 1 fully saturated rings. The summed E-state index contributed by atoms with van der Waals surface area (Å²) < 4.78 is 11.4. The van der Waals surface area contributed by atoms with E-state index in [0.717, 1.165) is 11.0 Å². The molecule has 0 spiro atoms. The van der Waals surface area contributed by atoms with Crippen molar-refractivity contribution >= 4 is 79.2 Å². The zero-order valence-electron chi connectivity index (χ0n) is 20.4. The molecule has 1 N–H and O–H groups in total. The lowest BCUT2D eigenvalue weighted by Gasteiger charge is -2.26. The zero-order chi connectivity index (χ0) is 29.0. The number of barbiturate groups is 1. The van der Waals surface area contributed by atoms with Crippen molar-refractivity contribution in [3.63, 3.8) is 0 Å². The Morgan fingerprint density at radius 1 is 1.05 bits per heavy atom. The van der Waals surface area contributed by atoms with Crippen LogP contribution in [0.5, 0.6) is 11.5 Å². The molecule has 1 aliphatic rings. The summed E-state index contributed by atoms with van der Waals surface area (Å²) in [6.07, 6.45) is 3.62. The van der Waals surface area contributed by atoms with E-state index in [2.05, 4.69) is 37.2 Å². The maximum Gasteiger partial charge on any atom is 0.336 e. The van der Waals surface area contributed by atoms with Gasteiger partial charge in [-0.1, -0.05) is 28.1 Å². The van der Waals surface area contributed by atoms with Gasteiger partial charge in [0, 0.05) is 28.2 Å². The molecule has 4 rings (SSSR count). The van der Waals surface area contributed by atoms with Gasteiger partial charge >= 0.3 is 12.0 Å². The summed E-state index contributed by atoms with van der Waals surface area (Å²) in [6.45, 7) is 0. The van der Waals surface area contributed by atoms with Gasteiger partial charge in [0.15, 0.2) is 5.75 Å². The van der Waals surface area contributed by atoms with Crippen molar-refractivity contribution in [1.82, 2.24) is 5.32 Å². The lowest BCUT2D eigenvalue weighted by atomic mass is 10.1. The fraction of sp³-hybridized carbons (Fsp3) is 0.0370. The van der Waals surface area contributed by atoms with Gasteiger partial charge in [0.25, 0.3) is 17.5 Å². The molecule has 0 aromatic heterocycles. The minimum absolute atomic E-state index is 0.0158. The van der Waals surface area contributed by atoms with Gasteiger partial charge in [-0.25, -0.2) is 14.5 Å². The molecular formula is C27H17Br2N3O8.